The fraction of sp³-hybridized carbons (Fsp3) is 0.381. The number of benzene rings is 2. The number of hydrogen-bond acceptors (Lipinski definition) is 3. The fourth-order valence-corrected chi connectivity index (χ4v) is 3.22. The van der Waals surface area contributed by atoms with Gasteiger partial charge in [-0.15, -0.1) is 0 Å². The standard InChI is InChI=1S/C21H25ClN2O2/c22-19-10-8-18(9-11-19)17-23-12-14-24(15-13-23)21(25)7-4-16-26-20-5-2-1-3-6-20/h1-3,5-6,8-11H,4,7,12-17H2. The Labute approximate surface area is 160 Å². The lowest BCUT2D eigenvalue weighted by Gasteiger charge is -2.34. The number of rotatable bonds is 7. The van der Waals surface area contributed by atoms with Gasteiger partial charge in [0.25, 0.3) is 0 Å². The monoisotopic (exact) mass is 372 g/mol. The first-order valence-electron chi connectivity index (χ1n) is 9.13. The van der Waals surface area contributed by atoms with Gasteiger partial charge >= 0.3 is 0 Å². The first-order valence-corrected chi connectivity index (χ1v) is 9.51. The third-order valence-electron chi connectivity index (χ3n) is 4.59. The number of carbonyl (C=O) groups is 1. The van der Waals surface area contributed by atoms with Crippen molar-refractivity contribution in [1.29, 1.82) is 0 Å². The maximum absolute atomic E-state index is 12.3. The van der Waals surface area contributed by atoms with E-state index >= 15 is 0 Å². The molecule has 138 valence electrons. The molecule has 1 aliphatic heterocycles. The van der Waals surface area contributed by atoms with Crippen molar-refractivity contribution >= 4 is 17.5 Å². The molecule has 0 unspecified atom stereocenters. The van der Waals surface area contributed by atoms with Gasteiger partial charge in [-0.05, 0) is 36.2 Å². The number of carbonyl (C=O) groups excluding carboxylic acids is 1. The van der Waals surface area contributed by atoms with Crippen molar-refractivity contribution in [3.63, 3.8) is 0 Å². The van der Waals surface area contributed by atoms with Gasteiger partial charge in [0.15, 0.2) is 0 Å². The lowest BCUT2D eigenvalue weighted by Crippen LogP contribution is -2.48. The number of ether oxygens (including phenoxy) is 1. The largest absolute Gasteiger partial charge is 0.494 e. The number of halogens is 1. The minimum Gasteiger partial charge on any atom is -0.494 e. The second-order valence-corrected chi connectivity index (χ2v) is 6.98. The summed E-state index contributed by atoms with van der Waals surface area (Å²) in [6.45, 7) is 4.90. The van der Waals surface area contributed by atoms with Crippen LogP contribution < -0.4 is 4.74 Å². The van der Waals surface area contributed by atoms with Crippen LogP contribution in [0.2, 0.25) is 5.02 Å². The van der Waals surface area contributed by atoms with E-state index < -0.39 is 0 Å². The second-order valence-electron chi connectivity index (χ2n) is 6.55. The predicted octanol–water partition coefficient (Wildman–Crippen LogP) is 3.84. The highest BCUT2D eigenvalue weighted by atomic mass is 35.5. The molecule has 2 aromatic carbocycles. The molecule has 0 N–H and O–H groups in total. The summed E-state index contributed by atoms with van der Waals surface area (Å²) in [7, 11) is 0. The van der Waals surface area contributed by atoms with Crippen molar-refractivity contribution in [3.05, 3.63) is 65.2 Å². The zero-order valence-electron chi connectivity index (χ0n) is 14.9. The van der Waals surface area contributed by atoms with Gasteiger partial charge < -0.3 is 9.64 Å². The Morgan fingerprint density at radius 3 is 2.35 bits per heavy atom. The lowest BCUT2D eigenvalue weighted by atomic mass is 10.2. The Bertz CT molecular complexity index is 683. The highest BCUT2D eigenvalue weighted by molar-refractivity contribution is 6.30. The van der Waals surface area contributed by atoms with E-state index in [1.807, 2.05) is 47.4 Å². The summed E-state index contributed by atoms with van der Waals surface area (Å²) in [6, 6.07) is 17.7. The van der Waals surface area contributed by atoms with Gasteiger partial charge in [-0.25, -0.2) is 0 Å². The Morgan fingerprint density at radius 1 is 0.962 bits per heavy atom. The summed E-state index contributed by atoms with van der Waals surface area (Å²) in [5, 5.41) is 0.764. The molecule has 0 atom stereocenters. The molecule has 4 nitrogen and oxygen atoms in total. The molecule has 1 aliphatic rings. The predicted molar refractivity (Wildman–Crippen MR) is 104 cm³/mol. The number of piperazine rings is 1. The van der Waals surface area contributed by atoms with Gasteiger partial charge in [0.05, 0.1) is 6.61 Å². The second kappa shape index (κ2) is 9.60. The quantitative estimate of drug-likeness (QED) is 0.692. The highest BCUT2D eigenvalue weighted by Crippen LogP contribution is 2.14. The van der Waals surface area contributed by atoms with Gasteiger partial charge in [0.1, 0.15) is 5.75 Å². The summed E-state index contributed by atoms with van der Waals surface area (Å²) in [6.07, 6.45) is 1.29. The molecule has 0 bridgehead atoms. The van der Waals surface area contributed by atoms with Crippen LogP contribution in [-0.2, 0) is 11.3 Å². The molecule has 1 heterocycles. The van der Waals surface area contributed by atoms with E-state index in [-0.39, 0.29) is 5.91 Å². The van der Waals surface area contributed by atoms with Crippen LogP contribution in [0.15, 0.2) is 54.6 Å². The van der Waals surface area contributed by atoms with Crippen molar-refractivity contribution in [3.8, 4) is 5.75 Å². The van der Waals surface area contributed by atoms with E-state index in [0.717, 1.165) is 49.9 Å². The van der Waals surface area contributed by atoms with Crippen LogP contribution in [0.4, 0.5) is 0 Å². The molecule has 0 saturated carbocycles. The first kappa shape index (κ1) is 18.7. The molecule has 0 radical (unpaired) electrons. The van der Waals surface area contributed by atoms with Crippen LogP contribution in [0.5, 0.6) is 5.75 Å². The molecule has 1 amide bonds. The summed E-state index contributed by atoms with van der Waals surface area (Å²) in [5.41, 5.74) is 1.26. The van der Waals surface area contributed by atoms with Gasteiger partial charge in [0, 0.05) is 44.2 Å². The summed E-state index contributed by atoms with van der Waals surface area (Å²) < 4.78 is 5.65. The van der Waals surface area contributed by atoms with E-state index in [1.54, 1.807) is 0 Å². The topological polar surface area (TPSA) is 32.8 Å². The van der Waals surface area contributed by atoms with Crippen LogP contribution in [-0.4, -0.2) is 48.5 Å². The maximum Gasteiger partial charge on any atom is 0.222 e. The Balaban J connectivity index is 1.33. The average molecular weight is 373 g/mol. The van der Waals surface area contributed by atoms with Crippen LogP contribution in [0, 0.1) is 0 Å². The van der Waals surface area contributed by atoms with Gasteiger partial charge in [-0.1, -0.05) is 41.9 Å². The normalized spacial score (nSPS) is 15.0. The minimum absolute atomic E-state index is 0.229. The van der Waals surface area contributed by atoms with E-state index in [9.17, 15) is 4.79 Å². The van der Waals surface area contributed by atoms with E-state index in [1.165, 1.54) is 5.56 Å². The maximum atomic E-state index is 12.3. The van der Waals surface area contributed by atoms with Crippen LogP contribution in [0.3, 0.4) is 0 Å². The first-order chi connectivity index (χ1) is 12.7. The van der Waals surface area contributed by atoms with Gasteiger partial charge in [-0.3, -0.25) is 9.69 Å². The Morgan fingerprint density at radius 2 is 1.65 bits per heavy atom. The third-order valence-corrected chi connectivity index (χ3v) is 4.84. The van der Waals surface area contributed by atoms with E-state index in [4.69, 9.17) is 16.3 Å². The van der Waals surface area contributed by atoms with E-state index in [0.29, 0.717) is 13.0 Å². The van der Waals surface area contributed by atoms with Gasteiger partial charge in [-0.2, -0.15) is 0 Å². The zero-order chi connectivity index (χ0) is 18.2. The molecule has 0 aromatic heterocycles. The van der Waals surface area contributed by atoms with Crippen molar-refractivity contribution < 1.29 is 9.53 Å². The number of hydrogen-bond donors (Lipinski definition) is 0. The summed E-state index contributed by atoms with van der Waals surface area (Å²) in [5.74, 6) is 1.09. The molecule has 3 rings (SSSR count). The smallest absolute Gasteiger partial charge is 0.222 e. The molecule has 26 heavy (non-hydrogen) atoms. The molecule has 0 aliphatic carbocycles. The molecule has 5 heteroatoms. The van der Waals surface area contributed by atoms with Crippen molar-refractivity contribution in [1.82, 2.24) is 9.80 Å². The van der Waals surface area contributed by atoms with Crippen LogP contribution in [0.25, 0.3) is 0 Å². The van der Waals surface area contributed by atoms with Crippen LogP contribution in [0.1, 0.15) is 18.4 Å². The molecular weight excluding hydrogens is 348 g/mol. The van der Waals surface area contributed by atoms with Crippen LogP contribution >= 0.6 is 11.6 Å². The van der Waals surface area contributed by atoms with Gasteiger partial charge in [0.2, 0.25) is 5.91 Å². The van der Waals surface area contributed by atoms with E-state index in [2.05, 4.69) is 17.0 Å². The molecule has 1 fully saturated rings. The number of nitrogens with zero attached hydrogens (tertiary/aromatic N) is 2. The minimum atomic E-state index is 0.229. The molecule has 2 aromatic rings. The van der Waals surface area contributed by atoms with Crippen molar-refractivity contribution in [2.24, 2.45) is 0 Å². The summed E-state index contributed by atoms with van der Waals surface area (Å²) in [4.78, 5) is 16.7. The Hall–Kier alpha value is -2.04. The zero-order valence-corrected chi connectivity index (χ0v) is 15.7. The summed E-state index contributed by atoms with van der Waals surface area (Å²) >= 11 is 5.93. The SMILES string of the molecule is O=C(CCCOc1ccccc1)N1CCN(Cc2ccc(Cl)cc2)CC1. The van der Waals surface area contributed by atoms with Crippen molar-refractivity contribution in [2.45, 2.75) is 19.4 Å². The van der Waals surface area contributed by atoms with Crippen molar-refractivity contribution in [2.75, 3.05) is 32.8 Å². The number of para-hydroxylation sites is 1. The molecule has 0 spiro atoms. The molecular formula is C21H25ClN2O2. The number of amides is 1. The lowest BCUT2D eigenvalue weighted by molar-refractivity contribution is -0.133. The fourth-order valence-electron chi connectivity index (χ4n) is 3.09. The third kappa shape index (κ3) is 5.75. The highest BCUT2D eigenvalue weighted by Gasteiger charge is 2.20. The Kier molecular flexibility index (Phi) is 6.92. The average Bonchev–Trinajstić information content (AvgIpc) is 2.68. The molecule has 1 saturated heterocycles.